The minimum Gasteiger partial charge on any atom is -0.282 e. The van der Waals surface area contributed by atoms with Gasteiger partial charge in [0.15, 0.2) is 0 Å². The lowest BCUT2D eigenvalue weighted by Gasteiger charge is -1.91. The van der Waals surface area contributed by atoms with Crippen molar-refractivity contribution in [3.05, 3.63) is 29.0 Å². The lowest BCUT2D eigenvalue weighted by molar-refractivity contribution is 0.109. The average molecular weight is 174 g/mol. The molecule has 0 saturated carbocycles. The van der Waals surface area contributed by atoms with Crippen LogP contribution in [0.1, 0.15) is 10.4 Å². The van der Waals surface area contributed by atoms with Crippen LogP contribution >= 0.6 is 24.2 Å². The molecule has 1 heterocycles. The Morgan fingerprint density at radius 1 is 1.60 bits per heavy atom. The lowest BCUT2D eigenvalue weighted by Crippen LogP contribution is -1.88. The van der Waals surface area contributed by atoms with E-state index in [1.54, 1.807) is 12.1 Å². The second-order valence-corrected chi connectivity index (χ2v) is 2.47. The number of hydrogen-bond acceptors (Lipinski definition) is 2. The van der Waals surface area contributed by atoms with E-state index >= 15 is 0 Å². The van der Waals surface area contributed by atoms with Crippen molar-refractivity contribution in [2.24, 2.45) is 0 Å². The van der Waals surface area contributed by atoms with Crippen molar-refractivity contribution < 1.29 is 4.79 Å². The van der Waals surface area contributed by atoms with E-state index in [-0.39, 0.29) is 5.12 Å². The summed E-state index contributed by atoms with van der Waals surface area (Å²) in [6, 6.07) is 3.12. The number of hydrogen-bond donors (Lipinski definition) is 1. The third-order valence-electron chi connectivity index (χ3n) is 0.974. The molecule has 10 heavy (non-hydrogen) atoms. The molecule has 1 aromatic rings. The smallest absolute Gasteiger partial charge is 0.217 e. The van der Waals surface area contributed by atoms with Crippen LogP contribution in [0.4, 0.5) is 0 Å². The Hall–Kier alpha value is -0.540. The number of aromatic nitrogens is 1. The zero-order chi connectivity index (χ0) is 7.56. The van der Waals surface area contributed by atoms with Gasteiger partial charge in [0.05, 0.1) is 0 Å². The predicted octanol–water partition coefficient (Wildman–Crippen LogP) is 1.80. The summed E-state index contributed by atoms with van der Waals surface area (Å²) in [7, 11) is 0. The van der Waals surface area contributed by atoms with Crippen molar-refractivity contribution >= 4 is 29.3 Å². The molecule has 0 aromatic carbocycles. The zero-order valence-corrected chi connectivity index (χ0v) is 6.56. The fourth-order valence-corrected chi connectivity index (χ4v) is 0.746. The second kappa shape index (κ2) is 3.03. The first-order valence-electron chi connectivity index (χ1n) is 2.55. The molecule has 2 nitrogen and oxygen atoms in total. The highest BCUT2D eigenvalue weighted by molar-refractivity contribution is 7.97. The molecule has 0 aliphatic heterocycles. The highest BCUT2D eigenvalue weighted by Crippen LogP contribution is 2.06. The molecule has 0 spiro atoms. The minimum atomic E-state index is -0.302. The van der Waals surface area contributed by atoms with Crippen LogP contribution in [0.3, 0.4) is 0 Å². The Morgan fingerprint density at radius 3 is 2.70 bits per heavy atom. The van der Waals surface area contributed by atoms with Crippen LogP contribution < -0.4 is 0 Å². The number of pyridine rings is 1. The first-order chi connectivity index (χ1) is 4.70. The van der Waals surface area contributed by atoms with Crippen molar-refractivity contribution in [3.8, 4) is 0 Å². The summed E-state index contributed by atoms with van der Waals surface area (Å²) in [5, 5.41) is 0.0718. The number of halogens is 1. The van der Waals surface area contributed by atoms with Crippen LogP contribution in [0.5, 0.6) is 0 Å². The minimum absolute atomic E-state index is 0.302. The molecule has 1 rings (SSSR count). The monoisotopic (exact) mass is 173 g/mol. The van der Waals surface area contributed by atoms with Gasteiger partial charge in [0, 0.05) is 11.8 Å². The first kappa shape index (κ1) is 7.57. The van der Waals surface area contributed by atoms with Crippen molar-refractivity contribution in [3.63, 3.8) is 0 Å². The fraction of sp³-hybridized carbons (Fsp3) is 0. The summed E-state index contributed by atoms with van der Waals surface area (Å²) in [5.74, 6) is 0. The molecule has 0 amide bonds. The number of carbonyl (C=O) groups is 1. The Bertz CT molecular complexity index is 246. The third-order valence-corrected chi connectivity index (χ3v) is 1.46. The Balaban J connectivity index is 3.00. The van der Waals surface area contributed by atoms with Crippen LogP contribution in [0.2, 0.25) is 5.15 Å². The quantitative estimate of drug-likeness (QED) is 0.519. The van der Waals surface area contributed by atoms with Gasteiger partial charge in [0.2, 0.25) is 5.12 Å². The Kier molecular flexibility index (Phi) is 2.29. The van der Waals surface area contributed by atoms with Gasteiger partial charge in [-0.25, -0.2) is 4.98 Å². The number of rotatable bonds is 1. The molecule has 0 N–H and O–H groups in total. The Morgan fingerprint density at radius 2 is 2.30 bits per heavy atom. The van der Waals surface area contributed by atoms with Crippen LogP contribution in [-0.2, 0) is 0 Å². The van der Waals surface area contributed by atoms with Gasteiger partial charge in [-0.15, -0.1) is 12.6 Å². The molecule has 0 fully saturated rings. The van der Waals surface area contributed by atoms with E-state index in [1.807, 2.05) is 0 Å². The van der Waals surface area contributed by atoms with E-state index in [9.17, 15) is 4.79 Å². The van der Waals surface area contributed by atoms with Crippen LogP contribution in [-0.4, -0.2) is 10.1 Å². The standard InChI is InChI=1S/C6H4ClNOS/c7-5-2-1-4(3-8-5)6(9)10/h1-3H,(H,9,10). The van der Waals surface area contributed by atoms with Gasteiger partial charge in [0.25, 0.3) is 0 Å². The highest BCUT2D eigenvalue weighted by Gasteiger charge is 1.98. The predicted molar refractivity (Wildman–Crippen MR) is 42.6 cm³/mol. The number of nitrogens with zero attached hydrogens (tertiary/aromatic N) is 1. The van der Waals surface area contributed by atoms with Crippen LogP contribution in [0.15, 0.2) is 18.3 Å². The summed E-state index contributed by atoms with van der Waals surface area (Å²) >= 11 is 9.07. The van der Waals surface area contributed by atoms with E-state index in [0.717, 1.165) is 0 Å². The maximum Gasteiger partial charge on any atom is 0.217 e. The van der Waals surface area contributed by atoms with Gasteiger partial charge in [-0.1, -0.05) is 11.6 Å². The molecular weight excluding hydrogens is 170 g/mol. The van der Waals surface area contributed by atoms with Gasteiger partial charge in [-0.05, 0) is 12.1 Å². The van der Waals surface area contributed by atoms with E-state index < -0.39 is 0 Å². The molecule has 0 unspecified atom stereocenters. The van der Waals surface area contributed by atoms with E-state index in [0.29, 0.717) is 10.7 Å². The molecule has 0 bridgehead atoms. The van der Waals surface area contributed by atoms with E-state index in [1.165, 1.54) is 6.20 Å². The molecule has 1 aromatic heterocycles. The Labute approximate surface area is 68.6 Å². The van der Waals surface area contributed by atoms with Gasteiger partial charge in [-0.2, -0.15) is 0 Å². The molecular formula is C6H4ClNOS. The van der Waals surface area contributed by atoms with Gasteiger partial charge < -0.3 is 0 Å². The first-order valence-corrected chi connectivity index (χ1v) is 3.37. The summed E-state index contributed by atoms with van der Waals surface area (Å²) in [6.45, 7) is 0. The molecule has 0 aliphatic carbocycles. The highest BCUT2D eigenvalue weighted by atomic mass is 35.5. The van der Waals surface area contributed by atoms with E-state index in [2.05, 4.69) is 17.6 Å². The molecule has 0 radical (unpaired) electrons. The van der Waals surface area contributed by atoms with Crippen LogP contribution in [0, 0.1) is 0 Å². The average Bonchev–Trinajstić information content (AvgIpc) is 1.88. The number of thiol groups is 1. The maximum absolute atomic E-state index is 10.5. The molecule has 52 valence electrons. The van der Waals surface area contributed by atoms with Crippen LogP contribution in [0.25, 0.3) is 0 Å². The molecule has 0 saturated heterocycles. The van der Waals surface area contributed by atoms with Crippen molar-refractivity contribution in [1.82, 2.24) is 4.98 Å². The second-order valence-electron chi connectivity index (χ2n) is 1.67. The largest absolute Gasteiger partial charge is 0.282 e. The summed E-state index contributed by atoms with van der Waals surface area (Å²) in [4.78, 5) is 14.2. The zero-order valence-electron chi connectivity index (χ0n) is 4.91. The summed E-state index contributed by atoms with van der Waals surface area (Å²) < 4.78 is 0. The summed E-state index contributed by atoms with van der Waals surface area (Å²) in [5.41, 5.74) is 0.452. The third kappa shape index (κ3) is 1.72. The topological polar surface area (TPSA) is 30.0 Å². The maximum atomic E-state index is 10.5. The summed E-state index contributed by atoms with van der Waals surface area (Å²) in [6.07, 6.45) is 1.39. The molecule has 0 atom stereocenters. The van der Waals surface area contributed by atoms with Crippen molar-refractivity contribution in [2.45, 2.75) is 0 Å². The SMILES string of the molecule is O=C(S)c1ccc(Cl)nc1. The normalized spacial score (nSPS) is 9.40. The van der Waals surface area contributed by atoms with Gasteiger partial charge in [-0.3, -0.25) is 4.79 Å². The van der Waals surface area contributed by atoms with Crippen molar-refractivity contribution in [1.29, 1.82) is 0 Å². The van der Waals surface area contributed by atoms with Gasteiger partial charge in [0.1, 0.15) is 5.15 Å². The lowest BCUT2D eigenvalue weighted by atomic mass is 10.3. The van der Waals surface area contributed by atoms with Crippen molar-refractivity contribution in [2.75, 3.05) is 0 Å². The van der Waals surface area contributed by atoms with E-state index in [4.69, 9.17) is 11.6 Å². The molecule has 0 aliphatic rings. The number of carbonyl (C=O) groups excluding carboxylic acids is 1. The molecule has 4 heteroatoms. The fourth-order valence-electron chi connectivity index (χ4n) is 0.502. The van der Waals surface area contributed by atoms with Gasteiger partial charge >= 0.3 is 0 Å².